The maximum absolute atomic E-state index is 11.7. The van der Waals surface area contributed by atoms with E-state index in [-0.39, 0.29) is 11.2 Å². The number of carbonyl (C=O) groups excluding carboxylic acids is 1. The fraction of sp³-hybridized carbons (Fsp3) is 0.400. The maximum Gasteiger partial charge on any atom is 0.311 e. The van der Waals surface area contributed by atoms with Gasteiger partial charge in [-0.2, -0.15) is 0 Å². The number of benzene rings is 1. The Morgan fingerprint density at radius 2 is 2.08 bits per heavy atom. The number of esters is 1. The molecule has 0 aliphatic heterocycles. The van der Waals surface area contributed by atoms with Gasteiger partial charge < -0.3 is 9.47 Å². The van der Waals surface area contributed by atoms with Crippen LogP contribution >= 0.6 is 27.7 Å². The number of aryl methyl sites for hydroxylation is 1. The fourth-order valence-corrected chi connectivity index (χ4v) is 3.85. The minimum Gasteiger partial charge on any atom is -0.426 e. The first-order valence-corrected chi connectivity index (χ1v) is 10.4. The predicted molar refractivity (Wildman–Crippen MR) is 109 cm³/mol. The van der Waals surface area contributed by atoms with Gasteiger partial charge in [-0.25, -0.2) is 4.98 Å². The molecule has 2 aromatic rings. The molecule has 0 bridgehead atoms. The summed E-state index contributed by atoms with van der Waals surface area (Å²) >= 11 is 5.12. The summed E-state index contributed by atoms with van der Waals surface area (Å²) in [5.74, 6) is 0.429. The summed E-state index contributed by atoms with van der Waals surface area (Å²) in [6, 6.07) is 11.8. The molecule has 0 spiro atoms. The minimum absolute atomic E-state index is 0.0836. The van der Waals surface area contributed by atoms with Gasteiger partial charge in [0.05, 0.1) is 17.6 Å². The van der Waals surface area contributed by atoms with Crippen molar-refractivity contribution < 1.29 is 14.3 Å². The Morgan fingerprint density at radius 3 is 2.73 bits per heavy atom. The molecule has 0 N–H and O–H groups in total. The van der Waals surface area contributed by atoms with Crippen LogP contribution in [0, 0.1) is 6.92 Å². The highest BCUT2D eigenvalue weighted by atomic mass is 79.9. The van der Waals surface area contributed by atoms with Gasteiger partial charge in [0.1, 0.15) is 10.4 Å². The summed E-state index contributed by atoms with van der Waals surface area (Å²) < 4.78 is 11.9. The zero-order chi connectivity index (χ0) is 18.9. The number of hydrogen-bond acceptors (Lipinski definition) is 5. The monoisotopic (exact) mass is 437 g/mol. The lowest BCUT2D eigenvalue weighted by molar-refractivity contribution is -0.134. The van der Waals surface area contributed by atoms with Gasteiger partial charge in [-0.3, -0.25) is 4.79 Å². The molecular weight excluding hydrogens is 414 g/mol. The molecule has 0 amide bonds. The van der Waals surface area contributed by atoms with Crippen molar-refractivity contribution in [3.05, 3.63) is 52.3 Å². The van der Waals surface area contributed by atoms with Crippen LogP contribution in [0.1, 0.15) is 43.2 Å². The number of halogens is 1. The molecule has 0 radical (unpaired) electrons. The lowest BCUT2D eigenvalue weighted by Crippen LogP contribution is -2.08. The molecule has 140 valence electrons. The smallest absolute Gasteiger partial charge is 0.311 e. The van der Waals surface area contributed by atoms with E-state index in [1.807, 2.05) is 57.2 Å². The van der Waals surface area contributed by atoms with Crippen LogP contribution in [0.5, 0.6) is 5.75 Å². The number of ether oxygens (including phenoxy) is 2. The van der Waals surface area contributed by atoms with Gasteiger partial charge in [0.25, 0.3) is 0 Å². The van der Waals surface area contributed by atoms with Gasteiger partial charge in [0, 0.05) is 17.9 Å². The molecule has 0 saturated carbocycles. The van der Waals surface area contributed by atoms with E-state index in [1.165, 1.54) is 0 Å². The van der Waals surface area contributed by atoms with Gasteiger partial charge >= 0.3 is 5.97 Å². The molecule has 26 heavy (non-hydrogen) atoms. The lowest BCUT2D eigenvalue weighted by atomic mass is 10.2. The highest BCUT2D eigenvalue weighted by Gasteiger charge is 2.16. The summed E-state index contributed by atoms with van der Waals surface area (Å²) in [6.45, 7) is 7.14. The molecule has 0 saturated heterocycles. The van der Waals surface area contributed by atoms with Crippen LogP contribution in [0.25, 0.3) is 0 Å². The summed E-state index contributed by atoms with van der Waals surface area (Å²) in [6.07, 6.45) is 1.21. The molecule has 0 aliphatic carbocycles. The molecule has 1 aromatic carbocycles. The van der Waals surface area contributed by atoms with Gasteiger partial charge in [-0.05, 0) is 72.1 Å². The highest BCUT2D eigenvalue weighted by Crippen LogP contribution is 2.37. The van der Waals surface area contributed by atoms with Crippen molar-refractivity contribution >= 4 is 33.7 Å². The number of pyridine rings is 1. The average Bonchev–Trinajstić information content (AvgIpc) is 2.61. The summed E-state index contributed by atoms with van der Waals surface area (Å²) in [4.78, 5) is 17.4. The molecule has 1 unspecified atom stereocenters. The van der Waals surface area contributed by atoms with E-state index in [9.17, 15) is 4.79 Å². The van der Waals surface area contributed by atoms with Gasteiger partial charge in [0.2, 0.25) is 0 Å². The fourth-order valence-electron chi connectivity index (χ4n) is 2.36. The topological polar surface area (TPSA) is 48.4 Å². The third-order valence-corrected chi connectivity index (χ3v) is 5.27. The van der Waals surface area contributed by atoms with Gasteiger partial charge in [0.15, 0.2) is 0 Å². The van der Waals surface area contributed by atoms with E-state index in [2.05, 4.69) is 20.9 Å². The zero-order valence-electron chi connectivity index (χ0n) is 15.3. The SMILES string of the molecule is CCCC(=O)Oc1ccc(SC(COCC)c2cccc(Br)n2)cc1C. The maximum atomic E-state index is 11.7. The van der Waals surface area contributed by atoms with E-state index >= 15 is 0 Å². The molecule has 6 heteroatoms. The molecule has 0 fully saturated rings. The Morgan fingerprint density at radius 1 is 1.27 bits per heavy atom. The van der Waals surface area contributed by atoms with E-state index in [4.69, 9.17) is 9.47 Å². The Balaban J connectivity index is 2.14. The first-order valence-electron chi connectivity index (χ1n) is 8.71. The van der Waals surface area contributed by atoms with Crippen molar-refractivity contribution in [2.75, 3.05) is 13.2 Å². The van der Waals surface area contributed by atoms with Crippen molar-refractivity contribution in [1.82, 2.24) is 4.98 Å². The second kappa shape index (κ2) is 10.7. The number of nitrogens with zero attached hydrogens (tertiary/aromatic N) is 1. The minimum atomic E-state index is -0.191. The van der Waals surface area contributed by atoms with Gasteiger partial charge in [-0.1, -0.05) is 13.0 Å². The summed E-state index contributed by atoms with van der Waals surface area (Å²) in [5, 5.41) is 0.0836. The first kappa shape index (κ1) is 20.9. The standard InChI is InChI=1S/C20H24BrNO3S/c1-4-7-20(23)25-17-11-10-15(12-14(17)3)26-18(13-24-5-2)16-8-6-9-19(21)22-16/h6,8-12,18H,4-5,7,13H2,1-3H3. The Labute approximate surface area is 167 Å². The van der Waals surface area contributed by atoms with E-state index in [0.29, 0.717) is 25.4 Å². The van der Waals surface area contributed by atoms with Crippen molar-refractivity contribution in [2.45, 2.75) is 43.8 Å². The van der Waals surface area contributed by atoms with Gasteiger partial charge in [-0.15, -0.1) is 11.8 Å². The number of rotatable bonds is 9. The van der Waals surface area contributed by atoms with E-state index in [0.717, 1.165) is 27.2 Å². The van der Waals surface area contributed by atoms with Crippen molar-refractivity contribution in [1.29, 1.82) is 0 Å². The number of carbonyl (C=O) groups is 1. The molecular formula is C20H24BrNO3S. The predicted octanol–water partition coefficient (Wildman–Crippen LogP) is 5.73. The molecule has 4 nitrogen and oxygen atoms in total. The summed E-state index contributed by atoms with van der Waals surface area (Å²) in [7, 11) is 0. The van der Waals surface area contributed by atoms with Crippen molar-refractivity contribution in [3.8, 4) is 5.75 Å². The van der Waals surface area contributed by atoms with Crippen molar-refractivity contribution in [3.63, 3.8) is 0 Å². The van der Waals surface area contributed by atoms with Crippen LogP contribution < -0.4 is 4.74 Å². The Bertz CT molecular complexity index is 739. The third-order valence-electron chi connectivity index (χ3n) is 3.64. The van der Waals surface area contributed by atoms with E-state index in [1.54, 1.807) is 11.8 Å². The lowest BCUT2D eigenvalue weighted by Gasteiger charge is -2.17. The highest BCUT2D eigenvalue weighted by molar-refractivity contribution is 9.10. The van der Waals surface area contributed by atoms with Crippen LogP contribution in [-0.4, -0.2) is 24.2 Å². The Hall–Kier alpha value is -1.37. The van der Waals surface area contributed by atoms with Crippen LogP contribution in [0.3, 0.4) is 0 Å². The molecule has 1 heterocycles. The Kier molecular flexibility index (Phi) is 8.62. The second-order valence-corrected chi connectivity index (χ2v) is 7.89. The third kappa shape index (κ3) is 6.41. The molecule has 0 aliphatic rings. The van der Waals surface area contributed by atoms with Crippen LogP contribution in [-0.2, 0) is 9.53 Å². The zero-order valence-corrected chi connectivity index (χ0v) is 17.7. The van der Waals surface area contributed by atoms with Crippen LogP contribution in [0.4, 0.5) is 0 Å². The number of hydrogen-bond donors (Lipinski definition) is 0. The normalized spacial score (nSPS) is 12.0. The number of aromatic nitrogens is 1. The quantitative estimate of drug-likeness (QED) is 0.217. The second-order valence-electron chi connectivity index (χ2n) is 5.80. The molecule has 1 atom stereocenters. The van der Waals surface area contributed by atoms with Crippen LogP contribution in [0.2, 0.25) is 0 Å². The molecule has 2 rings (SSSR count). The number of thioether (sulfide) groups is 1. The first-order chi connectivity index (χ1) is 12.5. The van der Waals surface area contributed by atoms with Crippen molar-refractivity contribution in [2.24, 2.45) is 0 Å². The van der Waals surface area contributed by atoms with E-state index < -0.39 is 0 Å². The van der Waals surface area contributed by atoms with Crippen LogP contribution in [0.15, 0.2) is 45.9 Å². The summed E-state index contributed by atoms with van der Waals surface area (Å²) in [5.41, 5.74) is 1.91. The molecule has 1 aromatic heterocycles. The largest absolute Gasteiger partial charge is 0.426 e. The average molecular weight is 438 g/mol.